The fourth-order valence-corrected chi connectivity index (χ4v) is 4.16. The minimum Gasteiger partial charge on any atom is -0.436 e. The van der Waals surface area contributed by atoms with Gasteiger partial charge in [0.2, 0.25) is 0 Å². The van der Waals surface area contributed by atoms with Crippen molar-refractivity contribution in [2.24, 2.45) is 17.8 Å². The second-order valence-electron chi connectivity index (χ2n) is 6.99. The SMILES string of the molecule is CC(OC(=O)C1CC2C=CC1C2)OC1CCCCCCC1. The highest BCUT2D eigenvalue weighted by Crippen LogP contribution is 2.44. The van der Waals surface area contributed by atoms with Crippen LogP contribution in [0.1, 0.15) is 64.7 Å². The third kappa shape index (κ3) is 3.88. The monoisotopic (exact) mass is 292 g/mol. The minimum atomic E-state index is -0.398. The molecular formula is C18H28O3. The van der Waals surface area contributed by atoms with E-state index in [0.717, 1.165) is 25.7 Å². The van der Waals surface area contributed by atoms with Gasteiger partial charge in [0.25, 0.3) is 0 Å². The summed E-state index contributed by atoms with van der Waals surface area (Å²) in [7, 11) is 0. The van der Waals surface area contributed by atoms with Crippen molar-refractivity contribution in [3.63, 3.8) is 0 Å². The molecule has 4 unspecified atom stereocenters. The molecule has 0 radical (unpaired) electrons. The van der Waals surface area contributed by atoms with E-state index in [4.69, 9.17) is 9.47 Å². The predicted molar refractivity (Wildman–Crippen MR) is 81.6 cm³/mol. The summed E-state index contributed by atoms with van der Waals surface area (Å²) in [6.45, 7) is 1.87. The maximum absolute atomic E-state index is 12.3. The Morgan fingerprint density at radius 3 is 2.38 bits per heavy atom. The van der Waals surface area contributed by atoms with Crippen molar-refractivity contribution in [1.82, 2.24) is 0 Å². The third-order valence-electron chi connectivity index (χ3n) is 5.30. The second kappa shape index (κ2) is 6.95. The van der Waals surface area contributed by atoms with Crippen molar-refractivity contribution in [2.45, 2.75) is 77.1 Å². The van der Waals surface area contributed by atoms with E-state index in [-0.39, 0.29) is 18.0 Å². The number of hydrogen-bond acceptors (Lipinski definition) is 3. The molecule has 3 aliphatic rings. The Balaban J connectivity index is 1.43. The van der Waals surface area contributed by atoms with Crippen LogP contribution in [0.25, 0.3) is 0 Å². The van der Waals surface area contributed by atoms with E-state index in [0.29, 0.717) is 11.8 Å². The van der Waals surface area contributed by atoms with Crippen LogP contribution in [0.15, 0.2) is 12.2 Å². The fraction of sp³-hybridized carbons (Fsp3) is 0.833. The first kappa shape index (κ1) is 15.1. The van der Waals surface area contributed by atoms with E-state index in [1.807, 2.05) is 6.92 Å². The largest absolute Gasteiger partial charge is 0.436 e. The normalized spacial score (nSPS) is 34.4. The van der Waals surface area contributed by atoms with Crippen LogP contribution in [0.5, 0.6) is 0 Å². The Morgan fingerprint density at radius 1 is 1.05 bits per heavy atom. The molecule has 0 heterocycles. The molecule has 0 spiro atoms. The highest BCUT2D eigenvalue weighted by atomic mass is 16.7. The molecule has 2 saturated carbocycles. The highest BCUT2D eigenvalue weighted by Gasteiger charge is 2.41. The number of hydrogen-bond donors (Lipinski definition) is 0. The highest BCUT2D eigenvalue weighted by molar-refractivity contribution is 5.74. The average molecular weight is 292 g/mol. The summed E-state index contributed by atoms with van der Waals surface area (Å²) in [6.07, 6.45) is 15.1. The Morgan fingerprint density at radius 2 is 1.76 bits per heavy atom. The molecule has 2 fully saturated rings. The quantitative estimate of drug-likeness (QED) is 0.442. The molecule has 3 aliphatic carbocycles. The van der Waals surface area contributed by atoms with Crippen LogP contribution in [-0.4, -0.2) is 18.4 Å². The summed E-state index contributed by atoms with van der Waals surface area (Å²) in [4.78, 5) is 12.3. The molecule has 0 aromatic carbocycles. The van der Waals surface area contributed by atoms with Gasteiger partial charge >= 0.3 is 5.97 Å². The van der Waals surface area contributed by atoms with Crippen LogP contribution in [-0.2, 0) is 14.3 Å². The average Bonchev–Trinajstić information content (AvgIpc) is 3.04. The number of fused-ring (bicyclic) bond motifs is 2. The van der Waals surface area contributed by atoms with E-state index in [1.165, 1.54) is 32.1 Å². The van der Waals surface area contributed by atoms with Crippen molar-refractivity contribution < 1.29 is 14.3 Å². The fourth-order valence-electron chi connectivity index (χ4n) is 4.16. The lowest BCUT2D eigenvalue weighted by atomic mass is 9.94. The van der Waals surface area contributed by atoms with Crippen LogP contribution < -0.4 is 0 Å². The molecule has 21 heavy (non-hydrogen) atoms. The molecule has 0 aromatic rings. The smallest absolute Gasteiger partial charge is 0.311 e. The van der Waals surface area contributed by atoms with Crippen LogP contribution in [0.3, 0.4) is 0 Å². The number of ether oxygens (including phenoxy) is 2. The molecule has 3 rings (SSSR count). The third-order valence-corrected chi connectivity index (χ3v) is 5.30. The van der Waals surface area contributed by atoms with Crippen LogP contribution in [0.4, 0.5) is 0 Å². The van der Waals surface area contributed by atoms with E-state index >= 15 is 0 Å². The van der Waals surface area contributed by atoms with Gasteiger partial charge in [-0.25, -0.2) is 0 Å². The van der Waals surface area contributed by atoms with Gasteiger partial charge in [-0.1, -0.05) is 44.3 Å². The summed E-state index contributed by atoms with van der Waals surface area (Å²) in [5.74, 6) is 1.04. The lowest BCUT2D eigenvalue weighted by Gasteiger charge is -2.25. The number of allylic oxidation sites excluding steroid dienone is 2. The van der Waals surface area contributed by atoms with Crippen LogP contribution in [0, 0.1) is 17.8 Å². The minimum absolute atomic E-state index is 0.0507. The summed E-state index contributed by atoms with van der Waals surface area (Å²) < 4.78 is 11.5. The molecule has 3 nitrogen and oxygen atoms in total. The van der Waals surface area contributed by atoms with Gasteiger partial charge in [-0.2, -0.15) is 0 Å². The summed E-state index contributed by atoms with van der Waals surface area (Å²) in [5.41, 5.74) is 0. The van der Waals surface area contributed by atoms with Gasteiger partial charge in [-0.05, 0) is 44.4 Å². The second-order valence-corrected chi connectivity index (χ2v) is 6.99. The first-order valence-electron chi connectivity index (χ1n) is 8.76. The molecule has 4 atom stereocenters. The molecule has 0 saturated heterocycles. The maximum Gasteiger partial charge on any atom is 0.311 e. The number of rotatable bonds is 4. The van der Waals surface area contributed by atoms with E-state index in [9.17, 15) is 4.79 Å². The summed E-state index contributed by atoms with van der Waals surface area (Å²) in [6, 6.07) is 0. The lowest BCUT2D eigenvalue weighted by molar-refractivity contribution is -0.191. The van der Waals surface area contributed by atoms with Crippen molar-refractivity contribution in [1.29, 1.82) is 0 Å². The van der Waals surface area contributed by atoms with Gasteiger partial charge in [0.1, 0.15) is 0 Å². The molecule has 3 heteroatoms. The van der Waals surface area contributed by atoms with E-state index < -0.39 is 6.29 Å². The van der Waals surface area contributed by atoms with Crippen molar-refractivity contribution in [3.05, 3.63) is 12.2 Å². The Bertz CT molecular complexity index is 382. The molecule has 0 aliphatic heterocycles. The van der Waals surface area contributed by atoms with E-state index in [2.05, 4.69) is 12.2 Å². The first-order chi connectivity index (χ1) is 10.2. The summed E-state index contributed by atoms with van der Waals surface area (Å²) >= 11 is 0. The topological polar surface area (TPSA) is 35.5 Å². The Hall–Kier alpha value is -0.830. The van der Waals surface area contributed by atoms with Gasteiger partial charge in [0, 0.05) is 0 Å². The molecular weight excluding hydrogens is 264 g/mol. The van der Waals surface area contributed by atoms with Crippen molar-refractivity contribution in [3.8, 4) is 0 Å². The molecule has 118 valence electrons. The standard InChI is InChI=1S/C18H28O3/c1-13(20-16-7-5-3-2-4-6-8-16)21-18(19)17-12-14-9-10-15(17)11-14/h9-10,13-17H,2-8,11-12H2,1H3. The zero-order valence-electron chi connectivity index (χ0n) is 13.1. The predicted octanol–water partition coefficient (Wildman–Crippen LogP) is 4.22. The lowest BCUT2D eigenvalue weighted by Crippen LogP contribution is -2.29. The Kier molecular flexibility index (Phi) is 4.99. The molecule has 0 amide bonds. The zero-order chi connectivity index (χ0) is 14.7. The van der Waals surface area contributed by atoms with Crippen molar-refractivity contribution >= 4 is 5.97 Å². The first-order valence-corrected chi connectivity index (χ1v) is 8.76. The maximum atomic E-state index is 12.3. The van der Waals surface area contributed by atoms with Gasteiger partial charge in [0.05, 0.1) is 12.0 Å². The van der Waals surface area contributed by atoms with Crippen molar-refractivity contribution in [2.75, 3.05) is 0 Å². The van der Waals surface area contributed by atoms with Gasteiger partial charge in [0.15, 0.2) is 6.29 Å². The Labute approximate surface area is 128 Å². The van der Waals surface area contributed by atoms with Crippen LogP contribution in [0.2, 0.25) is 0 Å². The molecule has 0 N–H and O–H groups in total. The number of carbonyl (C=O) groups excluding carboxylic acids is 1. The number of carbonyl (C=O) groups is 1. The van der Waals surface area contributed by atoms with Gasteiger partial charge in [-0.15, -0.1) is 0 Å². The molecule has 0 aromatic heterocycles. The summed E-state index contributed by atoms with van der Waals surface area (Å²) in [5, 5.41) is 0. The van der Waals surface area contributed by atoms with Gasteiger partial charge in [-0.3, -0.25) is 4.79 Å². The van der Waals surface area contributed by atoms with Gasteiger partial charge < -0.3 is 9.47 Å². The van der Waals surface area contributed by atoms with E-state index in [1.54, 1.807) is 0 Å². The zero-order valence-corrected chi connectivity index (χ0v) is 13.1. The number of esters is 1. The van der Waals surface area contributed by atoms with Crippen LogP contribution >= 0.6 is 0 Å². The molecule has 2 bridgehead atoms.